The van der Waals surface area contributed by atoms with E-state index in [9.17, 15) is 18.4 Å². The maximum Gasteiger partial charge on any atom is 0.251 e. The van der Waals surface area contributed by atoms with Crippen molar-refractivity contribution in [2.45, 2.75) is 32.1 Å². The average molecular weight is 337 g/mol. The Bertz CT molecular complexity index is 659. The van der Waals surface area contributed by atoms with Crippen LogP contribution in [0.3, 0.4) is 0 Å². The zero-order valence-electron chi connectivity index (χ0n) is 13.3. The molecule has 0 unspecified atom stereocenters. The highest BCUT2D eigenvalue weighted by Gasteiger charge is 2.14. The Morgan fingerprint density at radius 3 is 2.62 bits per heavy atom. The highest BCUT2D eigenvalue weighted by atomic mass is 19.1. The van der Waals surface area contributed by atoms with Crippen molar-refractivity contribution in [2.24, 2.45) is 5.73 Å². The largest absolute Gasteiger partial charge is 0.374 e. The van der Waals surface area contributed by atoms with Gasteiger partial charge in [-0.25, -0.2) is 8.78 Å². The average Bonchev–Trinajstić information content (AvgIpc) is 2.54. The first kappa shape index (κ1) is 17.9. The highest BCUT2D eigenvalue weighted by Crippen LogP contribution is 2.20. The van der Waals surface area contributed by atoms with Gasteiger partial charge in [0.05, 0.1) is 17.8 Å². The van der Waals surface area contributed by atoms with E-state index in [1.807, 2.05) is 0 Å². The Hall–Kier alpha value is -2.44. The number of anilines is 1. The van der Waals surface area contributed by atoms with E-state index in [2.05, 4.69) is 16.7 Å². The van der Waals surface area contributed by atoms with Crippen molar-refractivity contribution in [3.8, 4) is 0 Å². The lowest BCUT2D eigenvalue weighted by molar-refractivity contribution is -0.119. The normalized spacial score (nSPS) is 14.0. The number of nitrogens with two attached hydrogens (primary N) is 1. The Labute approximate surface area is 139 Å². The summed E-state index contributed by atoms with van der Waals surface area (Å²) in [6, 6.07) is 1.53. The molecular formula is C17H21F2N3O2. The van der Waals surface area contributed by atoms with Crippen molar-refractivity contribution in [3.05, 3.63) is 41.0 Å². The second kappa shape index (κ2) is 8.42. The lowest BCUT2D eigenvalue weighted by Crippen LogP contribution is -2.31. The molecule has 1 aromatic carbocycles. The summed E-state index contributed by atoms with van der Waals surface area (Å²) < 4.78 is 27.0. The molecule has 0 saturated heterocycles. The molecule has 0 spiro atoms. The van der Waals surface area contributed by atoms with Crippen molar-refractivity contribution in [1.29, 1.82) is 0 Å². The van der Waals surface area contributed by atoms with E-state index in [4.69, 9.17) is 5.73 Å². The molecule has 1 aliphatic carbocycles. The van der Waals surface area contributed by atoms with Crippen molar-refractivity contribution in [1.82, 2.24) is 5.32 Å². The number of amides is 2. The number of carbonyl (C=O) groups is 2. The second-order valence-electron chi connectivity index (χ2n) is 5.74. The molecule has 0 radical (unpaired) electrons. The lowest BCUT2D eigenvalue weighted by Gasteiger charge is -2.13. The van der Waals surface area contributed by atoms with Crippen LogP contribution in [0.1, 0.15) is 42.5 Å². The molecule has 2 amide bonds. The van der Waals surface area contributed by atoms with Crippen LogP contribution >= 0.6 is 0 Å². The number of hydrogen-bond acceptors (Lipinski definition) is 3. The molecule has 0 bridgehead atoms. The molecule has 0 atom stereocenters. The number of primary amides is 1. The van der Waals surface area contributed by atoms with Crippen molar-refractivity contribution < 1.29 is 18.4 Å². The molecule has 1 aliphatic rings. The van der Waals surface area contributed by atoms with Crippen LogP contribution in [-0.2, 0) is 4.79 Å². The van der Waals surface area contributed by atoms with Crippen LogP contribution in [0.25, 0.3) is 0 Å². The van der Waals surface area contributed by atoms with Crippen LogP contribution in [0.5, 0.6) is 0 Å². The number of halogens is 2. The Balaban J connectivity index is 1.82. The van der Waals surface area contributed by atoms with Crippen LogP contribution in [0.15, 0.2) is 23.8 Å². The highest BCUT2D eigenvalue weighted by molar-refractivity contribution is 5.94. The Morgan fingerprint density at radius 2 is 1.96 bits per heavy atom. The minimum absolute atomic E-state index is 0.143. The van der Waals surface area contributed by atoms with Gasteiger partial charge >= 0.3 is 0 Å². The van der Waals surface area contributed by atoms with E-state index in [0.717, 1.165) is 25.3 Å². The summed E-state index contributed by atoms with van der Waals surface area (Å²) in [7, 11) is 0. The van der Waals surface area contributed by atoms with Crippen LogP contribution in [0.4, 0.5) is 14.5 Å². The molecule has 0 aliphatic heterocycles. The van der Waals surface area contributed by atoms with Gasteiger partial charge in [-0.05, 0) is 38.2 Å². The molecule has 1 aromatic rings. The van der Waals surface area contributed by atoms with Gasteiger partial charge in [-0.3, -0.25) is 9.59 Å². The molecule has 0 saturated carbocycles. The van der Waals surface area contributed by atoms with Gasteiger partial charge in [0.25, 0.3) is 5.91 Å². The first-order valence-electron chi connectivity index (χ1n) is 7.94. The van der Waals surface area contributed by atoms with E-state index in [1.165, 1.54) is 18.4 Å². The topological polar surface area (TPSA) is 84.2 Å². The molecule has 130 valence electrons. The molecule has 24 heavy (non-hydrogen) atoms. The summed E-state index contributed by atoms with van der Waals surface area (Å²) in [4.78, 5) is 22.8. The van der Waals surface area contributed by atoms with Crippen molar-refractivity contribution >= 4 is 17.5 Å². The fraction of sp³-hybridized carbons (Fsp3) is 0.412. The van der Waals surface area contributed by atoms with Crippen LogP contribution in [-0.4, -0.2) is 24.9 Å². The van der Waals surface area contributed by atoms with Crippen LogP contribution in [0, 0.1) is 11.6 Å². The third-order valence-electron chi connectivity index (χ3n) is 3.91. The monoisotopic (exact) mass is 337 g/mol. The molecule has 0 heterocycles. The summed E-state index contributed by atoms with van der Waals surface area (Å²) in [6.45, 7) is 0.338. The van der Waals surface area contributed by atoms with Crippen molar-refractivity contribution in [3.63, 3.8) is 0 Å². The number of hydrogen-bond donors (Lipinski definition) is 3. The predicted molar refractivity (Wildman–Crippen MR) is 87.5 cm³/mol. The quantitative estimate of drug-likeness (QED) is 0.668. The fourth-order valence-electron chi connectivity index (χ4n) is 2.61. The summed E-state index contributed by atoms with van der Waals surface area (Å²) in [5, 5.41) is 5.29. The molecule has 4 N–H and O–H groups in total. The minimum atomic E-state index is -1.03. The van der Waals surface area contributed by atoms with Gasteiger partial charge in [0.15, 0.2) is 0 Å². The number of nitrogens with one attached hydrogen (secondary N) is 2. The fourth-order valence-corrected chi connectivity index (χ4v) is 2.61. The zero-order chi connectivity index (χ0) is 17.5. The molecule has 5 nitrogen and oxygen atoms in total. The zero-order valence-corrected chi connectivity index (χ0v) is 13.3. The van der Waals surface area contributed by atoms with Gasteiger partial charge in [-0.15, -0.1) is 0 Å². The number of allylic oxidation sites excluding steroid dienone is 1. The summed E-state index contributed by atoms with van der Waals surface area (Å²) >= 11 is 0. The number of benzene rings is 1. The van der Waals surface area contributed by atoms with Gasteiger partial charge < -0.3 is 16.4 Å². The molecular weight excluding hydrogens is 316 g/mol. The Kier molecular flexibility index (Phi) is 6.28. The summed E-state index contributed by atoms with van der Waals surface area (Å²) in [6.07, 6.45) is 7.60. The van der Waals surface area contributed by atoms with Gasteiger partial charge in [0.2, 0.25) is 5.91 Å². The maximum absolute atomic E-state index is 13.6. The van der Waals surface area contributed by atoms with Gasteiger partial charge in [0.1, 0.15) is 11.6 Å². The third-order valence-corrected chi connectivity index (χ3v) is 3.91. The first-order valence-corrected chi connectivity index (χ1v) is 7.94. The minimum Gasteiger partial charge on any atom is -0.374 e. The number of rotatable bonds is 7. The van der Waals surface area contributed by atoms with E-state index in [0.29, 0.717) is 12.6 Å². The molecule has 7 heteroatoms. The first-order chi connectivity index (χ1) is 11.5. The summed E-state index contributed by atoms with van der Waals surface area (Å²) in [5.41, 5.74) is 5.79. The van der Waals surface area contributed by atoms with Gasteiger partial charge in [0, 0.05) is 12.6 Å². The van der Waals surface area contributed by atoms with E-state index in [1.54, 1.807) is 0 Å². The molecule has 0 aromatic heterocycles. The van der Waals surface area contributed by atoms with Crippen LogP contribution < -0.4 is 16.4 Å². The van der Waals surface area contributed by atoms with Crippen molar-refractivity contribution in [2.75, 3.05) is 18.4 Å². The van der Waals surface area contributed by atoms with E-state index >= 15 is 0 Å². The van der Waals surface area contributed by atoms with Gasteiger partial charge in [-0.2, -0.15) is 0 Å². The Morgan fingerprint density at radius 1 is 1.17 bits per heavy atom. The van der Waals surface area contributed by atoms with E-state index in [-0.39, 0.29) is 18.1 Å². The molecule has 0 fully saturated rings. The summed E-state index contributed by atoms with van der Waals surface area (Å²) in [5.74, 6) is -3.23. The maximum atomic E-state index is 13.6. The van der Waals surface area contributed by atoms with Gasteiger partial charge in [-0.1, -0.05) is 11.6 Å². The number of carbonyl (C=O) groups excluding carboxylic acids is 2. The lowest BCUT2D eigenvalue weighted by atomic mass is 9.97. The van der Waals surface area contributed by atoms with E-state index < -0.39 is 23.1 Å². The van der Waals surface area contributed by atoms with Crippen LogP contribution in [0.2, 0.25) is 0 Å². The molecule has 2 rings (SSSR count). The standard InChI is InChI=1S/C17H21F2N3O2/c18-13-9-14(19)15(8-12(13)17(20)24)22-10-16(23)21-7-6-11-4-2-1-3-5-11/h4,8-9,22H,1-3,5-7,10H2,(H2,20,24)(H,21,23). The predicted octanol–water partition coefficient (Wildman–Crippen LogP) is 2.48. The third kappa shape index (κ3) is 5.04. The SMILES string of the molecule is NC(=O)c1cc(NCC(=O)NCCC2=CCCCC2)c(F)cc1F. The second-order valence-corrected chi connectivity index (χ2v) is 5.74. The smallest absolute Gasteiger partial charge is 0.251 e.